The molecule has 1 unspecified atom stereocenters. The van der Waals surface area contributed by atoms with Crippen LogP contribution in [-0.4, -0.2) is 30.3 Å². The number of hydrogen-bond donors (Lipinski definition) is 3. The van der Waals surface area contributed by atoms with Crippen molar-refractivity contribution in [3.63, 3.8) is 0 Å². The minimum Gasteiger partial charge on any atom is -0.354 e. The molecule has 0 saturated carbocycles. The highest BCUT2D eigenvalue weighted by Crippen LogP contribution is 2.20. The topological polar surface area (TPSA) is 87.3 Å². The Kier molecular flexibility index (Phi) is 5.38. The first-order valence-electron chi connectivity index (χ1n) is 7.09. The summed E-state index contributed by atoms with van der Waals surface area (Å²) in [5.74, 6) is -1.12. The predicted molar refractivity (Wildman–Crippen MR) is 83.6 cm³/mol. The predicted octanol–water partition coefficient (Wildman–Crippen LogP) is 1.37. The Morgan fingerprint density at radius 2 is 2.14 bits per heavy atom. The number of anilines is 1. The summed E-state index contributed by atoms with van der Waals surface area (Å²) in [7, 11) is 0. The second kappa shape index (κ2) is 7.26. The largest absolute Gasteiger partial charge is 0.354 e. The number of piperidine rings is 1. The molecule has 3 N–H and O–H groups in total. The molecule has 1 aliphatic heterocycles. The summed E-state index contributed by atoms with van der Waals surface area (Å²) in [6.45, 7) is 2.46. The fraction of sp³-hybridized carbons (Fsp3) is 0.400. The van der Waals surface area contributed by atoms with E-state index in [1.807, 2.05) is 6.92 Å². The monoisotopic (exact) mass is 323 g/mol. The van der Waals surface area contributed by atoms with Crippen molar-refractivity contribution in [2.75, 3.05) is 11.9 Å². The number of aryl methyl sites for hydroxylation is 1. The van der Waals surface area contributed by atoms with Crippen molar-refractivity contribution in [1.29, 1.82) is 0 Å². The molecule has 1 aliphatic rings. The van der Waals surface area contributed by atoms with Crippen LogP contribution in [0.15, 0.2) is 18.2 Å². The van der Waals surface area contributed by atoms with E-state index in [1.165, 1.54) is 0 Å². The lowest BCUT2D eigenvalue weighted by Gasteiger charge is -2.22. The molecular weight excluding hydrogens is 306 g/mol. The van der Waals surface area contributed by atoms with Crippen molar-refractivity contribution in [2.24, 2.45) is 0 Å². The van der Waals surface area contributed by atoms with Crippen LogP contribution in [-0.2, 0) is 14.4 Å². The number of halogens is 1. The van der Waals surface area contributed by atoms with Crippen LogP contribution in [0.1, 0.15) is 24.8 Å². The fourth-order valence-corrected chi connectivity index (χ4v) is 2.40. The molecule has 0 spiro atoms. The molecule has 0 aromatic heterocycles. The summed E-state index contributed by atoms with van der Waals surface area (Å²) < 4.78 is 0. The molecule has 1 saturated heterocycles. The van der Waals surface area contributed by atoms with Gasteiger partial charge in [-0.25, -0.2) is 0 Å². The maximum absolute atomic E-state index is 11.9. The molecule has 6 nitrogen and oxygen atoms in total. The van der Waals surface area contributed by atoms with Crippen molar-refractivity contribution >= 4 is 35.0 Å². The SMILES string of the molecule is Cc1ccc(Cl)cc1NC(=O)CC(=O)NC1CCCNC1=O. The summed E-state index contributed by atoms with van der Waals surface area (Å²) in [4.78, 5) is 35.3. The van der Waals surface area contributed by atoms with Gasteiger partial charge in [-0.05, 0) is 37.5 Å². The van der Waals surface area contributed by atoms with Crippen molar-refractivity contribution in [2.45, 2.75) is 32.2 Å². The summed E-state index contributed by atoms with van der Waals surface area (Å²) in [5, 5.41) is 8.40. The van der Waals surface area contributed by atoms with Gasteiger partial charge in [-0.3, -0.25) is 14.4 Å². The Balaban J connectivity index is 1.87. The number of benzene rings is 1. The smallest absolute Gasteiger partial charge is 0.242 e. The van der Waals surface area contributed by atoms with Crippen LogP contribution < -0.4 is 16.0 Å². The number of nitrogens with one attached hydrogen (secondary N) is 3. The molecule has 118 valence electrons. The number of amides is 3. The molecule has 7 heteroatoms. The van der Waals surface area contributed by atoms with Gasteiger partial charge in [-0.1, -0.05) is 17.7 Å². The van der Waals surface area contributed by atoms with Crippen LogP contribution in [0, 0.1) is 6.92 Å². The third-order valence-corrected chi connectivity index (χ3v) is 3.65. The molecule has 1 atom stereocenters. The summed E-state index contributed by atoms with van der Waals surface area (Å²) in [6, 6.07) is 4.58. The second-order valence-corrected chi connectivity index (χ2v) is 5.67. The molecule has 1 heterocycles. The maximum atomic E-state index is 11.9. The highest BCUT2D eigenvalue weighted by Gasteiger charge is 2.24. The van der Waals surface area contributed by atoms with Crippen LogP contribution >= 0.6 is 11.6 Å². The van der Waals surface area contributed by atoms with Gasteiger partial charge in [0.25, 0.3) is 0 Å². The fourth-order valence-electron chi connectivity index (χ4n) is 2.22. The summed E-state index contributed by atoms with van der Waals surface area (Å²) in [5.41, 5.74) is 1.42. The number of carbonyl (C=O) groups excluding carboxylic acids is 3. The minimum atomic E-state index is -0.554. The van der Waals surface area contributed by atoms with E-state index in [4.69, 9.17) is 11.6 Å². The van der Waals surface area contributed by atoms with Crippen LogP contribution in [0.2, 0.25) is 5.02 Å². The minimum absolute atomic E-state index is 0.203. The normalized spacial score (nSPS) is 17.5. The third kappa shape index (κ3) is 4.46. The molecular formula is C15H18ClN3O3. The van der Waals surface area contributed by atoms with Gasteiger partial charge in [0.2, 0.25) is 17.7 Å². The van der Waals surface area contributed by atoms with E-state index in [0.29, 0.717) is 23.7 Å². The van der Waals surface area contributed by atoms with E-state index < -0.39 is 17.9 Å². The van der Waals surface area contributed by atoms with Gasteiger partial charge in [-0.2, -0.15) is 0 Å². The van der Waals surface area contributed by atoms with E-state index in [2.05, 4.69) is 16.0 Å². The van der Waals surface area contributed by atoms with Gasteiger partial charge in [0.15, 0.2) is 0 Å². The van der Waals surface area contributed by atoms with Crippen LogP contribution in [0.4, 0.5) is 5.69 Å². The van der Waals surface area contributed by atoms with Crippen molar-refractivity contribution < 1.29 is 14.4 Å². The van der Waals surface area contributed by atoms with Gasteiger partial charge in [0.05, 0.1) is 0 Å². The summed E-state index contributed by atoms with van der Waals surface area (Å²) in [6.07, 6.45) is 1.06. The van der Waals surface area contributed by atoms with Gasteiger partial charge >= 0.3 is 0 Å². The average molecular weight is 324 g/mol. The Bertz CT molecular complexity index is 604. The Labute approximate surface area is 133 Å². The zero-order valence-electron chi connectivity index (χ0n) is 12.2. The number of carbonyl (C=O) groups is 3. The molecule has 0 radical (unpaired) electrons. The highest BCUT2D eigenvalue weighted by molar-refractivity contribution is 6.31. The Morgan fingerprint density at radius 1 is 1.36 bits per heavy atom. The zero-order chi connectivity index (χ0) is 16.1. The molecule has 1 aromatic carbocycles. The van der Waals surface area contributed by atoms with Gasteiger partial charge in [0, 0.05) is 17.3 Å². The molecule has 22 heavy (non-hydrogen) atoms. The van der Waals surface area contributed by atoms with Crippen LogP contribution in [0.3, 0.4) is 0 Å². The third-order valence-electron chi connectivity index (χ3n) is 3.42. The van der Waals surface area contributed by atoms with E-state index >= 15 is 0 Å². The van der Waals surface area contributed by atoms with Gasteiger partial charge < -0.3 is 16.0 Å². The van der Waals surface area contributed by atoms with Gasteiger partial charge in [-0.15, -0.1) is 0 Å². The lowest BCUT2D eigenvalue weighted by Crippen LogP contribution is -2.50. The first-order valence-corrected chi connectivity index (χ1v) is 7.46. The summed E-state index contributed by atoms with van der Waals surface area (Å²) >= 11 is 5.88. The quantitative estimate of drug-likeness (QED) is 0.731. The molecule has 3 amide bonds. The Hall–Kier alpha value is -2.08. The van der Waals surface area contributed by atoms with E-state index in [9.17, 15) is 14.4 Å². The average Bonchev–Trinajstić information content (AvgIpc) is 2.45. The van der Waals surface area contributed by atoms with E-state index in [0.717, 1.165) is 12.0 Å². The molecule has 1 aromatic rings. The Morgan fingerprint density at radius 3 is 2.86 bits per heavy atom. The number of rotatable bonds is 4. The zero-order valence-corrected chi connectivity index (χ0v) is 13.0. The molecule has 1 fully saturated rings. The van der Waals surface area contributed by atoms with Crippen molar-refractivity contribution in [1.82, 2.24) is 10.6 Å². The van der Waals surface area contributed by atoms with E-state index in [-0.39, 0.29) is 12.3 Å². The lowest BCUT2D eigenvalue weighted by molar-refractivity contribution is -0.132. The first-order chi connectivity index (χ1) is 10.5. The van der Waals surface area contributed by atoms with Gasteiger partial charge in [0.1, 0.15) is 12.5 Å². The van der Waals surface area contributed by atoms with Crippen LogP contribution in [0.25, 0.3) is 0 Å². The maximum Gasteiger partial charge on any atom is 0.242 e. The number of hydrogen-bond acceptors (Lipinski definition) is 3. The molecule has 2 rings (SSSR count). The first kappa shape index (κ1) is 16.3. The lowest BCUT2D eigenvalue weighted by atomic mass is 10.1. The van der Waals surface area contributed by atoms with Crippen LogP contribution in [0.5, 0.6) is 0 Å². The molecule has 0 aliphatic carbocycles. The highest BCUT2D eigenvalue weighted by atomic mass is 35.5. The van der Waals surface area contributed by atoms with E-state index in [1.54, 1.807) is 18.2 Å². The molecule has 0 bridgehead atoms. The standard InChI is InChI=1S/C15H18ClN3O3/c1-9-4-5-10(16)7-12(9)19-14(21)8-13(20)18-11-3-2-6-17-15(11)22/h4-5,7,11H,2-3,6,8H2,1H3,(H,17,22)(H,18,20)(H,19,21). The second-order valence-electron chi connectivity index (χ2n) is 5.24. The van der Waals surface area contributed by atoms with Crippen molar-refractivity contribution in [3.8, 4) is 0 Å². The van der Waals surface area contributed by atoms with Crippen molar-refractivity contribution in [3.05, 3.63) is 28.8 Å².